The van der Waals surface area contributed by atoms with E-state index in [2.05, 4.69) is 30.7 Å². The largest absolute Gasteiger partial charge is 0.477 e. The Morgan fingerprint density at radius 2 is 2.02 bits per heavy atom. The first-order chi connectivity index (χ1) is 19.5. The molecule has 13 heteroatoms. The number of nitrogens with zero attached hydrogens (tertiary/aromatic N) is 6. The highest BCUT2D eigenvalue weighted by atomic mass is 32.1. The molecular formula is C27H30N8O4S. The third-order valence-electron chi connectivity index (χ3n) is 8.00. The predicted molar refractivity (Wildman–Crippen MR) is 148 cm³/mol. The Labute approximate surface area is 234 Å². The van der Waals surface area contributed by atoms with Crippen LogP contribution < -0.4 is 15.4 Å². The standard InChI is InChI=1S/C27H30N8O4S/c1-17-21(10-18(11-29-17)23(36)28-5-8-33-6-2-4-27(33)15-38-16-27)32-24(37)20-13-31-35-14-22(40-26(20)35)19-12-30-34-7-3-9-39-25(19)34/h10-14H,2-9,15-16H2,1H3,(H,28,36)(H,32,37). The summed E-state index contributed by atoms with van der Waals surface area (Å²) < 4.78 is 14.8. The van der Waals surface area contributed by atoms with Gasteiger partial charge in [0.15, 0.2) is 0 Å². The number of hydrogen-bond donors (Lipinski definition) is 2. The van der Waals surface area contributed by atoms with Crippen LogP contribution in [0.1, 0.15) is 45.7 Å². The highest BCUT2D eigenvalue weighted by molar-refractivity contribution is 7.21. The molecule has 2 saturated heterocycles. The zero-order chi connectivity index (χ0) is 27.3. The number of aryl methyl sites for hydroxylation is 2. The molecule has 0 atom stereocenters. The number of thiazole rings is 1. The molecule has 3 aliphatic heterocycles. The summed E-state index contributed by atoms with van der Waals surface area (Å²) in [6.07, 6.45) is 10.0. The molecule has 208 valence electrons. The molecule has 0 aromatic carbocycles. The minimum absolute atomic E-state index is 0.169. The summed E-state index contributed by atoms with van der Waals surface area (Å²) in [5.41, 5.74) is 3.00. The van der Waals surface area contributed by atoms with E-state index in [4.69, 9.17) is 9.47 Å². The van der Waals surface area contributed by atoms with E-state index in [9.17, 15) is 9.59 Å². The van der Waals surface area contributed by atoms with Crippen LogP contribution >= 0.6 is 11.3 Å². The van der Waals surface area contributed by atoms with Gasteiger partial charge in [0.05, 0.1) is 70.7 Å². The van der Waals surface area contributed by atoms with Gasteiger partial charge in [0.2, 0.25) is 5.88 Å². The van der Waals surface area contributed by atoms with Crippen molar-refractivity contribution in [1.82, 2.24) is 34.6 Å². The number of ether oxygens (including phenoxy) is 2. The van der Waals surface area contributed by atoms with Crippen LogP contribution in [0.15, 0.2) is 30.9 Å². The monoisotopic (exact) mass is 562 g/mol. The number of rotatable bonds is 7. The quantitative estimate of drug-likeness (QED) is 0.352. The first-order valence-electron chi connectivity index (χ1n) is 13.6. The summed E-state index contributed by atoms with van der Waals surface area (Å²) in [6.45, 7) is 7.20. The first-order valence-corrected chi connectivity index (χ1v) is 14.4. The molecule has 7 heterocycles. The molecule has 0 radical (unpaired) electrons. The van der Waals surface area contributed by atoms with Crippen LogP contribution in [-0.2, 0) is 11.3 Å². The lowest BCUT2D eigenvalue weighted by atomic mass is 9.94. The van der Waals surface area contributed by atoms with Gasteiger partial charge in [-0.1, -0.05) is 0 Å². The fourth-order valence-corrected chi connectivity index (χ4v) is 6.75. The second-order valence-electron chi connectivity index (χ2n) is 10.6. The van der Waals surface area contributed by atoms with Crippen molar-refractivity contribution in [3.8, 4) is 16.3 Å². The highest BCUT2D eigenvalue weighted by Gasteiger charge is 2.46. The van der Waals surface area contributed by atoms with E-state index >= 15 is 0 Å². The van der Waals surface area contributed by atoms with Gasteiger partial charge in [0, 0.05) is 38.4 Å². The minimum atomic E-state index is -0.318. The van der Waals surface area contributed by atoms with Gasteiger partial charge in [-0.25, -0.2) is 9.20 Å². The summed E-state index contributed by atoms with van der Waals surface area (Å²) >= 11 is 1.45. The van der Waals surface area contributed by atoms with Gasteiger partial charge in [-0.15, -0.1) is 11.3 Å². The molecule has 2 fully saturated rings. The van der Waals surface area contributed by atoms with Crippen molar-refractivity contribution < 1.29 is 19.1 Å². The Kier molecular flexibility index (Phi) is 6.28. The Morgan fingerprint density at radius 1 is 1.12 bits per heavy atom. The average molecular weight is 563 g/mol. The normalized spacial score (nSPS) is 17.9. The lowest BCUT2D eigenvalue weighted by molar-refractivity contribution is -0.122. The molecular weight excluding hydrogens is 532 g/mol. The number of carbonyl (C=O) groups excluding carboxylic acids is 2. The van der Waals surface area contributed by atoms with Crippen molar-refractivity contribution in [3.63, 3.8) is 0 Å². The van der Waals surface area contributed by atoms with Crippen LogP contribution in [-0.4, -0.2) is 86.1 Å². The van der Waals surface area contributed by atoms with E-state index in [0.29, 0.717) is 40.5 Å². The number of likely N-dealkylation sites (tertiary alicyclic amines) is 1. The lowest BCUT2D eigenvalue weighted by Gasteiger charge is -2.45. The molecule has 12 nitrogen and oxygen atoms in total. The van der Waals surface area contributed by atoms with Crippen LogP contribution in [0.2, 0.25) is 0 Å². The number of carbonyl (C=O) groups is 2. The average Bonchev–Trinajstić information content (AvgIpc) is 3.71. The van der Waals surface area contributed by atoms with Gasteiger partial charge >= 0.3 is 0 Å². The smallest absolute Gasteiger partial charge is 0.260 e. The number of aromatic nitrogens is 5. The highest BCUT2D eigenvalue weighted by Crippen LogP contribution is 2.38. The van der Waals surface area contributed by atoms with Crippen LogP contribution in [0, 0.1) is 6.92 Å². The van der Waals surface area contributed by atoms with E-state index in [1.54, 1.807) is 29.9 Å². The molecule has 0 unspecified atom stereocenters. The summed E-state index contributed by atoms with van der Waals surface area (Å²) in [4.78, 5) is 34.6. The molecule has 4 aromatic heterocycles. The number of pyridine rings is 1. The second-order valence-corrected chi connectivity index (χ2v) is 11.6. The third kappa shape index (κ3) is 4.34. The maximum absolute atomic E-state index is 13.3. The Balaban J connectivity index is 1.04. The summed E-state index contributed by atoms with van der Waals surface area (Å²) in [5, 5.41) is 14.7. The van der Waals surface area contributed by atoms with E-state index < -0.39 is 0 Å². The number of anilines is 1. The molecule has 0 bridgehead atoms. The number of amides is 2. The molecule has 4 aromatic rings. The molecule has 1 spiro atoms. The second kappa shape index (κ2) is 9.98. The fourth-order valence-electron chi connectivity index (χ4n) is 5.69. The van der Waals surface area contributed by atoms with E-state index in [-0.39, 0.29) is 17.4 Å². The third-order valence-corrected chi connectivity index (χ3v) is 9.14. The van der Waals surface area contributed by atoms with E-state index in [0.717, 1.165) is 62.0 Å². The van der Waals surface area contributed by atoms with Crippen LogP contribution in [0.3, 0.4) is 0 Å². The van der Waals surface area contributed by atoms with Gasteiger partial charge in [-0.3, -0.25) is 19.5 Å². The number of fused-ring (bicyclic) bond motifs is 2. The van der Waals surface area contributed by atoms with Crippen molar-refractivity contribution in [3.05, 3.63) is 47.7 Å². The van der Waals surface area contributed by atoms with E-state index in [1.165, 1.54) is 24.0 Å². The Hall–Kier alpha value is -3.81. The molecule has 7 rings (SSSR count). The lowest BCUT2D eigenvalue weighted by Crippen LogP contribution is -2.59. The van der Waals surface area contributed by atoms with Crippen molar-refractivity contribution in [2.45, 2.75) is 38.3 Å². The Bertz CT molecular complexity index is 1600. The molecule has 40 heavy (non-hydrogen) atoms. The maximum atomic E-state index is 13.3. The number of nitrogens with one attached hydrogen (secondary N) is 2. The zero-order valence-corrected chi connectivity index (χ0v) is 23.0. The topological polar surface area (TPSA) is 128 Å². The van der Waals surface area contributed by atoms with E-state index in [1.807, 2.05) is 10.9 Å². The maximum Gasteiger partial charge on any atom is 0.260 e. The summed E-state index contributed by atoms with van der Waals surface area (Å²) in [7, 11) is 0. The van der Waals surface area contributed by atoms with Gasteiger partial charge < -0.3 is 20.1 Å². The molecule has 0 saturated carbocycles. The Morgan fingerprint density at radius 3 is 2.88 bits per heavy atom. The van der Waals surface area contributed by atoms with Crippen molar-refractivity contribution in [2.24, 2.45) is 0 Å². The zero-order valence-electron chi connectivity index (χ0n) is 22.2. The predicted octanol–water partition coefficient (Wildman–Crippen LogP) is 2.59. The van der Waals surface area contributed by atoms with Crippen molar-refractivity contribution >= 4 is 33.7 Å². The summed E-state index contributed by atoms with van der Waals surface area (Å²) in [6, 6.07) is 1.67. The SMILES string of the molecule is Cc1ncc(C(=O)NCCN2CCCC23COC3)cc1NC(=O)c1cnn2cc(-c3cnn4c3OCCC4)sc12. The summed E-state index contributed by atoms with van der Waals surface area (Å²) in [5.74, 6) is 0.209. The van der Waals surface area contributed by atoms with Crippen LogP contribution in [0.4, 0.5) is 5.69 Å². The first kappa shape index (κ1) is 25.2. The number of hydrogen-bond acceptors (Lipinski definition) is 9. The fraction of sp³-hybridized carbons (Fsp3) is 0.444. The van der Waals surface area contributed by atoms with Gasteiger partial charge in [-0.2, -0.15) is 10.2 Å². The van der Waals surface area contributed by atoms with Crippen LogP contribution in [0.5, 0.6) is 5.88 Å². The molecule has 2 N–H and O–H groups in total. The van der Waals surface area contributed by atoms with Crippen molar-refractivity contribution in [2.75, 3.05) is 44.8 Å². The molecule has 2 amide bonds. The van der Waals surface area contributed by atoms with Crippen LogP contribution in [0.25, 0.3) is 15.3 Å². The van der Waals surface area contributed by atoms with Gasteiger partial charge in [0.1, 0.15) is 4.83 Å². The molecule has 0 aliphatic carbocycles. The molecule has 3 aliphatic rings. The minimum Gasteiger partial charge on any atom is -0.477 e. The van der Waals surface area contributed by atoms with Crippen molar-refractivity contribution in [1.29, 1.82) is 0 Å². The van der Waals surface area contributed by atoms with Gasteiger partial charge in [0.25, 0.3) is 11.8 Å². The van der Waals surface area contributed by atoms with Gasteiger partial charge in [-0.05, 0) is 32.4 Å².